The molecule has 3 atom stereocenters. The fourth-order valence-corrected chi connectivity index (χ4v) is 5.94. The Hall–Kier alpha value is -3.12. The second kappa shape index (κ2) is 7.24. The first-order chi connectivity index (χ1) is 14.6. The summed E-state index contributed by atoms with van der Waals surface area (Å²) >= 11 is 0. The number of nitrogens with zero attached hydrogens (tertiary/aromatic N) is 2. The van der Waals surface area contributed by atoms with Crippen LogP contribution in [0.4, 0.5) is 14.5 Å². The first-order valence-electron chi connectivity index (χ1n) is 9.25. The number of amides is 1. The van der Waals surface area contributed by atoms with Crippen molar-refractivity contribution in [1.82, 2.24) is 14.6 Å². The maximum atomic E-state index is 15.0. The number of rotatable bonds is 3. The number of hydrogen-bond donors (Lipinski definition) is 3. The lowest BCUT2D eigenvalue weighted by molar-refractivity contribution is 0.102. The number of halogens is 2. The van der Waals surface area contributed by atoms with Gasteiger partial charge in [-0.1, -0.05) is 0 Å². The van der Waals surface area contributed by atoms with Crippen molar-refractivity contribution in [3.05, 3.63) is 59.4 Å². The third-order valence-electron chi connectivity index (χ3n) is 5.51. The average molecular weight is 451 g/mol. The SMILES string of the molecule is C[C@H]1OC[C@]2(c3cc(NC(=O)c4ccc(F)cn4)ccc3F)NC(=N)N(C)S(=O)(=O)[C@H]12. The van der Waals surface area contributed by atoms with Gasteiger partial charge in [-0.3, -0.25) is 10.2 Å². The minimum atomic E-state index is -4.02. The molecule has 2 fully saturated rings. The van der Waals surface area contributed by atoms with Gasteiger partial charge >= 0.3 is 0 Å². The molecule has 0 bridgehead atoms. The molecule has 1 amide bonds. The van der Waals surface area contributed by atoms with Gasteiger partial charge in [0.2, 0.25) is 16.0 Å². The van der Waals surface area contributed by atoms with Gasteiger partial charge in [-0.05, 0) is 37.3 Å². The van der Waals surface area contributed by atoms with Gasteiger partial charge in [0.25, 0.3) is 5.91 Å². The molecule has 2 saturated heterocycles. The number of benzene rings is 1. The molecule has 12 heteroatoms. The molecule has 0 aliphatic carbocycles. The van der Waals surface area contributed by atoms with E-state index in [2.05, 4.69) is 15.6 Å². The van der Waals surface area contributed by atoms with Crippen LogP contribution < -0.4 is 10.6 Å². The lowest BCUT2D eigenvalue weighted by atomic mass is 9.86. The molecule has 9 nitrogen and oxygen atoms in total. The van der Waals surface area contributed by atoms with Gasteiger partial charge in [0, 0.05) is 18.3 Å². The van der Waals surface area contributed by atoms with Crippen LogP contribution in [0.5, 0.6) is 0 Å². The van der Waals surface area contributed by atoms with Crippen LogP contribution in [-0.4, -0.2) is 54.6 Å². The van der Waals surface area contributed by atoms with E-state index in [-0.39, 0.29) is 23.6 Å². The Morgan fingerprint density at radius 2 is 2.10 bits per heavy atom. The van der Waals surface area contributed by atoms with E-state index < -0.39 is 50.4 Å². The Morgan fingerprint density at radius 3 is 2.77 bits per heavy atom. The molecular formula is C19H19F2N5O4S. The van der Waals surface area contributed by atoms with E-state index >= 15 is 0 Å². The summed E-state index contributed by atoms with van der Waals surface area (Å²) < 4.78 is 60.4. The normalized spacial score (nSPS) is 26.8. The second-order valence-electron chi connectivity index (χ2n) is 7.40. The van der Waals surface area contributed by atoms with Crippen LogP contribution in [0.1, 0.15) is 23.0 Å². The molecular weight excluding hydrogens is 432 g/mol. The van der Waals surface area contributed by atoms with Gasteiger partial charge in [0.1, 0.15) is 28.1 Å². The molecule has 1 aromatic carbocycles. The van der Waals surface area contributed by atoms with Crippen LogP contribution >= 0.6 is 0 Å². The molecule has 0 unspecified atom stereocenters. The zero-order chi connectivity index (χ0) is 22.6. The van der Waals surface area contributed by atoms with Gasteiger partial charge < -0.3 is 15.4 Å². The molecule has 2 aliphatic heterocycles. The van der Waals surface area contributed by atoms with Crippen LogP contribution in [0.2, 0.25) is 0 Å². The van der Waals surface area contributed by atoms with Crippen LogP contribution in [-0.2, 0) is 20.3 Å². The molecule has 3 N–H and O–H groups in total. The molecule has 2 aliphatic rings. The summed E-state index contributed by atoms with van der Waals surface area (Å²) in [5.74, 6) is -2.39. The van der Waals surface area contributed by atoms with Gasteiger partial charge in [0.05, 0.1) is 18.9 Å². The fourth-order valence-electron chi connectivity index (χ4n) is 3.97. The molecule has 0 saturated carbocycles. The summed E-state index contributed by atoms with van der Waals surface area (Å²) in [5, 5.41) is 12.2. The Morgan fingerprint density at radius 1 is 1.35 bits per heavy atom. The zero-order valence-electron chi connectivity index (χ0n) is 16.5. The average Bonchev–Trinajstić information content (AvgIpc) is 3.06. The molecule has 164 valence electrons. The van der Waals surface area contributed by atoms with E-state index in [1.165, 1.54) is 25.2 Å². The number of sulfonamides is 1. The van der Waals surface area contributed by atoms with E-state index in [1.807, 2.05) is 0 Å². The van der Waals surface area contributed by atoms with Crippen LogP contribution in [0.15, 0.2) is 36.5 Å². The van der Waals surface area contributed by atoms with Crippen molar-refractivity contribution >= 4 is 27.6 Å². The van der Waals surface area contributed by atoms with Crippen molar-refractivity contribution in [3.8, 4) is 0 Å². The highest BCUT2D eigenvalue weighted by atomic mass is 32.2. The summed E-state index contributed by atoms with van der Waals surface area (Å²) in [4.78, 5) is 16.1. The van der Waals surface area contributed by atoms with Crippen molar-refractivity contribution in [3.63, 3.8) is 0 Å². The third-order valence-corrected chi connectivity index (χ3v) is 7.88. The summed E-state index contributed by atoms with van der Waals surface area (Å²) in [6.45, 7) is 1.38. The molecule has 0 radical (unpaired) electrons. The van der Waals surface area contributed by atoms with E-state index in [4.69, 9.17) is 10.1 Å². The minimum absolute atomic E-state index is 0.0529. The molecule has 2 aromatic rings. The molecule has 31 heavy (non-hydrogen) atoms. The first kappa shape index (κ1) is 21.1. The van der Waals surface area contributed by atoms with Gasteiger partial charge in [0.15, 0.2) is 0 Å². The van der Waals surface area contributed by atoms with E-state index in [1.54, 1.807) is 6.92 Å². The molecule has 3 heterocycles. The number of hydrogen-bond acceptors (Lipinski definition) is 6. The van der Waals surface area contributed by atoms with Crippen molar-refractivity contribution in [2.75, 3.05) is 19.0 Å². The summed E-state index contributed by atoms with van der Waals surface area (Å²) in [6.07, 6.45) is 0.124. The van der Waals surface area contributed by atoms with Crippen LogP contribution in [0, 0.1) is 17.0 Å². The summed E-state index contributed by atoms with van der Waals surface area (Å²) in [6, 6.07) is 5.97. The zero-order valence-corrected chi connectivity index (χ0v) is 17.3. The Balaban J connectivity index is 1.75. The monoisotopic (exact) mass is 451 g/mol. The molecule has 0 spiro atoms. The number of nitrogens with one attached hydrogen (secondary N) is 3. The number of aromatic nitrogens is 1. The second-order valence-corrected chi connectivity index (χ2v) is 9.49. The largest absolute Gasteiger partial charge is 0.374 e. The smallest absolute Gasteiger partial charge is 0.274 e. The third kappa shape index (κ3) is 3.31. The highest BCUT2D eigenvalue weighted by molar-refractivity contribution is 7.90. The maximum Gasteiger partial charge on any atom is 0.274 e. The lowest BCUT2D eigenvalue weighted by Gasteiger charge is -2.44. The Bertz CT molecular complexity index is 1170. The van der Waals surface area contributed by atoms with E-state index in [0.717, 1.165) is 22.6 Å². The van der Waals surface area contributed by atoms with Gasteiger partial charge in [-0.25, -0.2) is 26.5 Å². The van der Waals surface area contributed by atoms with E-state index in [9.17, 15) is 22.0 Å². The van der Waals surface area contributed by atoms with Gasteiger partial charge in [-0.15, -0.1) is 0 Å². The summed E-state index contributed by atoms with van der Waals surface area (Å²) in [7, 11) is -2.78. The molecule has 4 rings (SSSR count). The number of carbonyl (C=O) groups excluding carboxylic acids is 1. The maximum absolute atomic E-state index is 15.0. The fraction of sp³-hybridized carbons (Fsp3) is 0.316. The number of fused-ring (bicyclic) bond motifs is 1. The number of carbonyl (C=O) groups is 1. The predicted molar refractivity (Wildman–Crippen MR) is 107 cm³/mol. The minimum Gasteiger partial charge on any atom is -0.374 e. The predicted octanol–water partition coefficient (Wildman–Crippen LogP) is 1.39. The van der Waals surface area contributed by atoms with Crippen LogP contribution in [0.3, 0.4) is 0 Å². The van der Waals surface area contributed by atoms with Crippen molar-refractivity contribution in [1.29, 1.82) is 5.41 Å². The standard InChI is InChI=1S/C19H19F2N5O4S/c1-10-16-19(9-30-10,25-18(22)26(2)31(16,28)29)13-7-12(4-5-14(13)21)24-17(27)15-6-3-11(20)8-23-15/h3-8,10,16H,9H2,1-2H3,(H2,22,25)(H,24,27)/t10-,16-,19-/m1/s1. The number of pyridine rings is 1. The van der Waals surface area contributed by atoms with Crippen molar-refractivity contribution < 1.29 is 26.7 Å². The van der Waals surface area contributed by atoms with Crippen molar-refractivity contribution in [2.24, 2.45) is 0 Å². The number of anilines is 1. The number of ether oxygens (including phenoxy) is 1. The highest BCUT2D eigenvalue weighted by Crippen LogP contribution is 2.43. The topological polar surface area (TPSA) is 124 Å². The summed E-state index contributed by atoms with van der Waals surface area (Å²) in [5.41, 5.74) is -1.50. The molecule has 1 aromatic heterocycles. The lowest BCUT2D eigenvalue weighted by Crippen LogP contribution is -2.68. The van der Waals surface area contributed by atoms with Crippen LogP contribution in [0.25, 0.3) is 0 Å². The quantitative estimate of drug-likeness (QED) is 0.648. The Labute approximate surface area is 177 Å². The highest BCUT2D eigenvalue weighted by Gasteiger charge is 2.61. The van der Waals surface area contributed by atoms with E-state index in [0.29, 0.717) is 0 Å². The number of guanidine groups is 1. The first-order valence-corrected chi connectivity index (χ1v) is 10.8. The van der Waals surface area contributed by atoms with Crippen molar-refractivity contribution in [2.45, 2.75) is 23.8 Å². The Kier molecular flexibility index (Phi) is 4.93. The van der Waals surface area contributed by atoms with Gasteiger partial charge in [-0.2, -0.15) is 0 Å².